The van der Waals surface area contributed by atoms with Crippen LogP contribution >= 0.6 is 11.3 Å². The van der Waals surface area contributed by atoms with E-state index < -0.39 is 12.3 Å². The molecule has 0 spiro atoms. The second kappa shape index (κ2) is 8.20. The van der Waals surface area contributed by atoms with Crippen molar-refractivity contribution in [2.24, 2.45) is 11.3 Å². The fraction of sp³-hybridized carbons (Fsp3) is 0.500. The predicted molar refractivity (Wildman–Crippen MR) is 117 cm³/mol. The number of nitrogens with zero attached hydrogens (tertiary/aromatic N) is 5. The van der Waals surface area contributed by atoms with Crippen LogP contribution in [0.1, 0.15) is 78.0 Å². The van der Waals surface area contributed by atoms with Crippen molar-refractivity contribution in [2.45, 2.75) is 59.8 Å². The van der Waals surface area contributed by atoms with E-state index in [0.29, 0.717) is 22.2 Å². The molecule has 1 N–H and O–H groups in total. The van der Waals surface area contributed by atoms with Crippen molar-refractivity contribution >= 4 is 28.0 Å². The number of hydrogen-bond acceptors (Lipinski definition) is 6. The molecular formula is C22H24F2N6OS. The Bertz CT molecular complexity index is 1240. The first-order valence-electron chi connectivity index (χ1n) is 10.5. The number of thiophene rings is 1. The molecule has 1 aliphatic rings. The molecule has 4 rings (SSSR count). The third kappa shape index (κ3) is 3.86. The molecule has 1 amide bonds. The van der Waals surface area contributed by atoms with Crippen LogP contribution in [0, 0.1) is 29.6 Å². The SMILES string of the molecule is CCC(C)(C)[C@@H]1CCc2c(sc(NC(=O)c3nc4nc(C)cc(C(F)F)n4n3)c2C#N)C1. The molecule has 10 heteroatoms. The Balaban J connectivity index is 1.64. The van der Waals surface area contributed by atoms with Gasteiger partial charge in [-0.25, -0.2) is 13.8 Å². The number of fused-ring (bicyclic) bond motifs is 2. The van der Waals surface area contributed by atoms with E-state index in [4.69, 9.17) is 0 Å². The topological polar surface area (TPSA) is 96.0 Å². The number of nitriles is 1. The molecule has 32 heavy (non-hydrogen) atoms. The van der Waals surface area contributed by atoms with E-state index in [1.54, 1.807) is 6.92 Å². The summed E-state index contributed by atoms with van der Waals surface area (Å²) >= 11 is 1.40. The molecule has 0 aliphatic heterocycles. The van der Waals surface area contributed by atoms with Crippen LogP contribution in [0.2, 0.25) is 0 Å². The van der Waals surface area contributed by atoms with Crippen molar-refractivity contribution in [2.75, 3.05) is 5.32 Å². The molecule has 1 aliphatic carbocycles. The fourth-order valence-corrected chi connectivity index (χ4v) is 5.45. The highest BCUT2D eigenvalue weighted by atomic mass is 32.1. The number of carbonyl (C=O) groups excluding carboxylic acids is 1. The predicted octanol–water partition coefficient (Wildman–Crippen LogP) is 5.10. The molecule has 3 aromatic heterocycles. The molecule has 3 heterocycles. The van der Waals surface area contributed by atoms with E-state index in [0.717, 1.165) is 40.6 Å². The highest BCUT2D eigenvalue weighted by Gasteiger charge is 2.34. The van der Waals surface area contributed by atoms with Gasteiger partial charge in [0.05, 0.1) is 5.56 Å². The summed E-state index contributed by atoms with van der Waals surface area (Å²) in [6, 6.07) is 3.44. The Kier molecular flexibility index (Phi) is 5.71. The summed E-state index contributed by atoms with van der Waals surface area (Å²) in [7, 11) is 0. The number of amides is 1. The summed E-state index contributed by atoms with van der Waals surface area (Å²) in [6.07, 6.45) is 0.958. The van der Waals surface area contributed by atoms with Crippen LogP contribution in [0.5, 0.6) is 0 Å². The number of alkyl halides is 2. The van der Waals surface area contributed by atoms with Gasteiger partial charge in [0.2, 0.25) is 5.82 Å². The summed E-state index contributed by atoms with van der Waals surface area (Å²) in [6.45, 7) is 8.29. The van der Waals surface area contributed by atoms with E-state index in [1.165, 1.54) is 17.4 Å². The van der Waals surface area contributed by atoms with Crippen molar-refractivity contribution in [3.05, 3.63) is 39.3 Å². The second-order valence-corrected chi connectivity index (χ2v) is 9.93. The van der Waals surface area contributed by atoms with Crippen molar-refractivity contribution in [1.82, 2.24) is 19.6 Å². The molecule has 7 nitrogen and oxygen atoms in total. The molecule has 1 atom stereocenters. The maximum atomic E-state index is 13.4. The quantitative estimate of drug-likeness (QED) is 0.574. The average molecular weight is 459 g/mol. The van der Waals surface area contributed by atoms with Gasteiger partial charge in [-0.3, -0.25) is 4.79 Å². The lowest BCUT2D eigenvalue weighted by Crippen LogP contribution is -2.28. The standard InChI is InChI=1S/C22H24F2N6OS/c1-5-22(3,4)12-6-7-13-14(10-25)20(32-16(13)9-12)28-19(31)18-27-21-26-11(2)8-15(17(23)24)30(21)29-18/h8,12,17H,5-7,9H2,1-4H3,(H,28,31)/t12-/m1/s1. The minimum absolute atomic E-state index is 0.0685. The monoisotopic (exact) mass is 458 g/mol. The van der Waals surface area contributed by atoms with E-state index in [9.17, 15) is 18.8 Å². The van der Waals surface area contributed by atoms with Crippen LogP contribution in [0.15, 0.2) is 6.07 Å². The number of carbonyl (C=O) groups is 1. The second-order valence-electron chi connectivity index (χ2n) is 8.83. The Morgan fingerprint density at radius 2 is 2.19 bits per heavy atom. The van der Waals surface area contributed by atoms with Gasteiger partial charge in [-0.15, -0.1) is 16.4 Å². The van der Waals surface area contributed by atoms with Crippen LogP contribution in [-0.4, -0.2) is 25.5 Å². The van der Waals surface area contributed by atoms with Crippen LogP contribution < -0.4 is 5.32 Å². The normalized spacial score (nSPS) is 16.2. The highest BCUT2D eigenvalue weighted by Crippen LogP contribution is 2.45. The van der Waals surface area contributed by atoms with E-state index >= 15 is 0 Å². The number of aryl methyl sites for hydroxylation is 1. The van der Waals surface area contributed by atoms with Gasteiger partial charge < -0.3 is 5.32 Å². The number of nitrogens with one attached hydrogen (secondary N) is 1. The van der Waals surface area contributed by atoms with Crippen molar-refractivity contribution in [1.29, 1.82) is 5.26 Å². The zero-order valence-electron chi connectivity index (χ0n) is 18.4. The Hall–Kier alpha value is -2.93. The van der Waals surface area contributed by atoms with Crippen molar-refractivity contribution < 1.29 is 13.6 Å². The summed E-state index contributed by atoms with van der Waals surface area (Å²) in [4.78, 5) is 22.1. The molecule has 3 aromatic rings. The molecular weight excluding hydrogens is 434 g/mol. The smallest absolute Gasteiger partial charge is 0.296 e. The van der Waals surface area contributed by atoms with Crippen LogP contribution in [0.25, 0.3) is 5.78 Å². The summed E-state index contributed by atoms with van der Waals surface area (Å²) in [5.41, 5.74) is 1.64. The van der Waals surface area contributed by atoms with Gasteiger partial charge in [-0.2, -0.15) is 14.8 Å². The van der Waals surface area contributed by atoms with E-state index in [1.807, 2.05) is 0 Å². The lowest BCUT2D eigenvalue weighted by molar-refractivity contribution is 0.101. The van der Waals surface area contributed by atoms with Gasteiger partial charge >= 0.3 is 0 Å². The molecule has 0 aromatic carbocycles. The minimum Gasteiger partial charge on any atom is -0.310 e. The van der Waals surface area contributed by atoms with Crippen molar-refractivity contribution in [3.8, 4) is 6.07 Å². The third-order valence-corrected chi connectivity index (χ3v) is 7.68. The van der Waals surface area contributed by atoms with Gasteiger partial charge in [-0.05, 0) is 49.1 Å². The van der Waals surface area contributed by atoms with Crippen LogP contribution in [0.3, 0.4) is 0 Å². The lowest BCUT2D eigenvalue weighted by atomic mass is 9.69. The lowest BCUT2D eigenvalue weighted by Gasteiger charge is -2.36. The Morgan fingerprint density at radius 1 is 1.44 bits per heavy atom. The zero-order valence-corrected chi connectivity index (χ0v) is 19.2. The first-order valence-corrected chi connectivity index (χ1v) is 11.3. The molecule has 0 fully saturated rings. The minimum atomic E-state index is -2.79. The van der Waals surface area contributed by atoms with E-state index in [-0.39, 0.29) is 22.7 Å². The van der Waals surface area contributed by atoms with Gasteiger partial charge in [0.1, 0.15) is 16.8 Å². The van der Waals surface area contributed by atoms with Gasteiger partial charge in [0.25, 0.3) is 18.1 Å². The molecule has 0 radical (unpaired) electrons. The first-order chi connectivity index (χ1) is 15.1. The summed E-state index contributed by atoms with van der Waals surface area (Å²) in [5.74, 6) is -0.490. The van der Waals surface area contributed by atoms with Crippen molar-refractivity contribution in [3.63, 3.8) is 0 Å². The van der Waals surface area contributed by atoms with Crippen LogP contribution in [-0.2, 0) is 12.8 Å². The fourth-order valence-electron chi connectivity index (χ4n) is 4.17. The average Bonchev–Trinajstić information content (AvgIpc) is 3.32. The third-order valence-electron chi connectivity index (χ3n) is 6.51. The molecule has 0 saturated heterocycles. The highest BCUT2D eigenvalue weighted by molar-refractivity contribution is 7.16. The maximum Gasteiger partial charge on any atom is 0.296 e. The number of aromatic nitrogens is 4. The molecule has 0 saturated carbocycles. The van der Waals surface area contributed by atoms with Gasteiger partial charge in [0, 0.05) is 10.6 Å². The van der Waals surface area contributed by atoms with Crippen LogP contribution in [0.4, 0.5) is 13.8 Å². The summed E-state index contributed by atoms with van der Waals surface area (Å²) in [5, 5.41) is 16.9. The number of rotatable bonds is 5. The molecule has 0 bridgehead atoms. The molecule has 168 valence electrons. The van der Waals surface area contributed by atoms with Gasteiger partial charge in [-0.1, -0.05) is 27.2 Å². The number of hydrogen-bond donors (Lipinski definition) is 1. The largest absolute Gasteiger partial charge is 0.310 e. The van der Waals surface area contributed by atoms with E-state index in [2.05, 4.69) is 47.2 Å². The maximum absolute atomic E-state index is 13.4. The number of halogens is 2. The Morgan fingerprint density at radius 3 is 2.84 bits per heavy atom. The van der Waals surface area contributed by atoms with Gasteiger partial charge in [0.15, 0.2) is 0 Å². The summed E-state index contributed by atoms with van der Waals surface area (Å²) < 4.78 is 27.6. The zero-order chi connectivity index (χ0) is 23.2. The first kappa shape index (κ1) is 22.3. The number of anilines is 1. The molecule has 0 unspecified atom stereocenters. The Labute approximate surface area is 188 Å².